The van der Waals surface area contributed by atoms with Gasteiger partial charge in [0.15, 0.2) is 5.65 Å². The summed E-state index contributed by atoms with van der Waals surface area (Å²) in [5, 5.41) is 3.76. The number of carbonyl (C=O) groups excluding carboxylic acids is 2. The zero-order valence-corrected chi connectivity index (χ0v) is 16.4. The Morgan fingerprint density at radius 1 is 1.24 bits per heavy atom. The van der Waals surface area contributed by atoms with Gasteiger partial charge in [0.25, 0.3) is 5.91 Å². The lowest BCUT2D eigenvalue weighted by Gasteiger charge is -2.23. The summed E-state index contributed by atoms with van der Waals surface area (Å²) in [6.07, 6.45) is 1.67. The molecule has 1 N–H and O–H groups in total. The lowest BCUT2D eigenvalue weighted by molar-refractivity contribution is 0.0823. The first kappa shape index (κ1) is 19.1. The van der Waals surface area contributed by atoms with Crippen molar-refractivity contribution in [2.24, 2.45) is 0 Å². The highest BCUT2D eigenvalue weighted by atomic mass is 35.5. The lowest BCUT2D eigenvalue weighted by Crippen LogP contribution is -2.35. The number of aromatic nitrogens is 3. The van der Waals surface area contributed by atoms with Crippen LogP contribution in [-0.4, -0.2) is 33.5 Å². The van der Waals surface area contributed by atoms with Crippen molar-refractivity contribution in [3.63, 3.8) is 0 Å². The average Bonchev–Trinajstić information content (AvgIpc) is 2.99. The molecule has 0 fully saturated rings. The first-order valence-electron chi connectivity index (χ1n) is 9.24. The average molecular weight is 412 g/mol. The molecule has 9 heteroatoms. The summed E-state index contributed by atoms with van der Waals surface area (Å²) in [7, 11) is 0. The maximum absolute atomic E-state index is 13.0. The molecule has 0 aromatic carbocycles. The Labute approximate surface area is 171 Å². The summed E-state index contributed by atoms with van der Waals surface area (Å²) in [4.78, 5) is 39.5. The number of fused-ring (bicyclic) bond motifs is 2. The van der Waals surface area contributed by atoms with Gasteiger partial charge in [0.1, 0.15) is 16.7 Å². The van der Waals surface area contributed by atoms with Crippen LogP contribution in [0, 0.1) is 0 Å². The quantitative estimate of drug-likeness (QED) is 0.505. The number of carbonyl (C=O) groups is 2. The monoisotopic (exact) mass is 411 g/mol. The fraction of sp³-hybridized carbons (Fsp3) is 0.250. The predicted molar refractivity (Wildman–Crippen MR) is 108 cm³/mol. The van der Waals surface area contributed by atoms with Crippen LogP contribution in [0.3, 0.4) is 0 Å². The molecule has 0 saturated carbocycles. The van der Waals surface area contributed by atoms with Crippen LogP contribution >= 0.6 is 11.6 Å². The SMILES string of the molecule is CCCCNC(=O)OC1c2ncccc2C(=O)N1c1ccc2ccc(Cl)nc2n1. The zero-order chi connectivity index (χ0) is 20.4. The number of ether oxygens (including phenoxy) is 1. The van der Waals surface area contributed by atoms with Crippen LogP contribution in [0.4, 0.5) is 10.6 Å². The normalized spacial score (nSPS) is 15.4. The van der Waals surface area contributed by atoms with Crippen LogP contribution in [-0.2, 0) is 4.74 Å². The molecule has 4 heterocycles. The van der Waals surface area contributed by atoms with Gasteiger partial charge >= 0.3 is 6.09 Å². The van der Waals surface area contributed by atoms with Gasteiger partial charge in [-0.1, -0.05) is 24.9 Å². The van der Waals surface area contributed by atoms with Crippen molar-refractivity contribution >= 4 is 40.5 Å². The Morgan fingerprint density at radius 2 is 2.07 bits per heavy atom. The van der Waals surface area contributed by atoms with Gasteiger partial charge in [-0.2, -0.15) is 0 Å². The number of unbranched alkanes of at least 4 members (excludes halogenated alkanes) is 1. The van der Waals surface area contributed by atoms with Gasteiger partial charge in [0.2, 0.25) is 6.23 Å². The fourth-order valence-corrected chi connectivity index (χ4v) is 3.24. The van der Waals surface area contributed by atoms with Crippen LogP contribution in [0.1, 0.15) is 42.0 Å². The first-order valence-corrected chi connectivity index (χ1v) is 9.62. The van der Waals surface area contributed by atoms with E-state index in [-0.39, 0.29) is 5.91 Å². The van der Waals surface area contributed by atoms with Gasteiger partial charge in [0, 0.05) is 18.1 Å². The summed E-state index contributed by atoms with van der Waals surface area (Å²) >= 11 is 5.97. The van der Waals surface area contributed by atoms with Gasteiger partial charge in [-0.25, -0.2) is 19.7 Å². The van der Waals surface area contributed by atoms with Crippen molar-refractivity contribution in [1.29, 1.82) is 0 Å². The van der Waals surface area contributed by atoms with Gasteiger partial charge in [0.05, 0.1) is 5.56 Å². The molecule has 8 nitrogen and oxygen atoms in total. The van der Waals surface area contributed by atoms with Crippen molar-refractivity contribution in [1.82, 2.24) is 20.3 Å². The number of hydrogen-bond acceptors (Lipinski definition) is 6. The number of halogens is 1. The molecule has 148 valence electrons. The Balaban J connectivity index is 1.70. The molecule has 1 unspecified atom stereocenters. The largest absolute Gasteiger partial charge is 0.419 e. The number of amides is 2. The van der Waals surface area contributed by atoms with Crippen molar-refractivity contribution < 1.29 is 14.3 Å². The fourth-order valence-electron chi connectivity index (χ4n) is 3.10. The van der Waals surface area contributed by atoms with Crippen molar-refractivity contribution in [3.05, 3.63) is 59.0 Å². The summed E-state index contributed by atoms with van der Waals surface area (Å²) in [5.41, 5.74) is 1.11. The lowest BCUT2D eigenvalue weighted by atomic mass is 10.2. The van der Waals surface area contributed by atoms with E-state index in [9.17, 15) is 9.59 Å². The van der Waals surface area contributed by atoms with Gasteiger partial charge in [-0.15, -0.1) is 0 Å². The highest BCUT2D eigenvalue weighted by molar-refractivity contribution is 6.29. The number of alkyl carbamates (subject to hydrolysis) is 1. The minimum atomic E-state index is -1.02. The van der Waals surface area contributed by atoms with Gasteiger partial charge in [-0.3, -0.25) is 9.78 Å². The number of rotatable bonds is 5. The first-order chi connectivity index (χ1) is 14.1. The van der Waals surface area contributed by atoms with Crippen molar-refractivity contribution in [3.8, 4) is 0 Å². The molecule has 3 aromatic heterocycles. The third kappa shape index (κ3) is 3.71. The summed E-state index contributed by atoms with van der Waals surface area (Å²) in [6.45, 7) is 2.51. The van der Waals surface area contributed by atoms with Gasteiger partial charge < -0.3 is 10.1 Å². The van der Waals surface area contributed by atoms with E-state index in [1.165, 1.54) is 4.90 Å². The Morgan fingerprint density at radius 3 is 2.90 bits per heavy atom. The van der Waals surface area contributed by atoms with Crippen LogP contribution in [0.25, 0.3) is 11.0 Å². The summed E-state index contributed by atoms with van der Waals surface area (Å²) in [6, 6.07) is 10.2. The topological polar surface area (TPSA) is 97.3 Å². The molecule has 0 spiro atoms. The molecule has 29 heavy (non-hydrogen) atoms. The second kappa shape index (κ2) is 8.00. The Bertz CT molecular complexity index is 1090. The van der Waals surface area contributed by atoms with Crippen LogP contribution in [0.2, 0.25) is 5.15 Å². The molecular weight excluding hydrogens is 394 g/mol. The molecule has 2 amide bonds. The number of pyridine rings is 3. The molecular formula is C20H18ClN5O3. The molecule has 0 radical (unpaired) electrons. The molecule has 4 rings (SSSR count). The Hall–Kier alpha value is -3.26. The van der Waals surface area contributed by atoms with E-state index in [1.54, 1.807) is 42.6 Å². The van der Waals surface area contributed by atoms with E-state index >= 15 is 0 Å². The number of nitrogens with one attached hydrogen (secondary N) is 1. The zero-order valence-electron chi connectivity index (χ0n) is 15.6. The summed E-state index contributed by atoms with van der Waals surface area (Å²) in [5.74, 6) is -0.0602. The van der Waals surface area contributed by atoms with Crippen molar-refractivity contribution in [2.45, 2.75) is 26.0 Å². The highest BCUT2D eigenvalue weighted by Gasteiger charge is 2.42. The third-order valence-electron chi connectivity index (χ3n) is 4.53. The van der Waals surface area contributed by atoms with E-state index in [0.29, 0.717) is 34.4 Å². The van der Waals surface area contributed by atoms with Crippen LogP contribution in [0.5, 0.6) is 0 Å². The van der Waals surface area contributed by atoms with E-state index in [0.717, 1.165) is 18.2 Å². The molecule has 1 aliphatic heterocycles. The highest BCUT2D eigenvalue weighted by Crippen LogP contribution is 2.36. The van der Waals surface area contributed by atoms with Gasteiger partial charge in [-0.05, 0) is 42.8 Å². The standard InChI is InChI=1S/C20H18ClN5O3/c1-2-3-10-23-20(28)29-19-16-13(5-4-11-22-16)18(27)26(19)15-9-7-12-6-8-14(21)24-17(12)25-15/h4-9,11,19H,2-3,10H2,1H3,(H,23,28). The molecule has 1 aliphatic rings. The third-order valence-corrected chi connectivity index (χ3v) is 4.74. The molecule has 0 bridgehead atoms. The maximum atomic E-state index is 13.0. The molecule has 0 saturated heterocycles. The number of nitrogens with zero attached hydrogens (tertiary/aromatic N) is 4. The van der Waals surface area contributed by atoms with E-state index in [2.05, 4.69) is 20.3 Å². The van der Waals surface area contributed by atoms with Crippen molar-refractivity contribution in [2.75, 3.05) is 11.4 Å². The van der Waals surface area contributed by atoms with Crippen LogP contribution in [0.15, 0.2) is 42.6 Å². The minimum Gasteiger partial charge on any atom is -0.419 e. The predicted octanol–water partition coefficient (Wildman–Crippen LogP) is 3.86. The molecule has 1 atom stereocenters. The Kier molecular flexibility index (Phi) is 5.26. The smallest absolute Gasteiger partial charge is 0.409 e. The summed E-state index contributed by atoms with van der Waals surface area (Å²) < 4.78 is 5.56. The minimum absolute atomic E-state index is 0.293. The molecule has 0 aliphatic carbocycles. The van der Waals surface area contributed by atoms with E-state index in [4.69, 9.17) is 16.3 Å². The van der Waals surface area contributed by atoms with E-state index < -0.39 is 12.3 Å². The second-order valence-corrected chi connectivity index (χ2v) is 6.89. The maximum Gasteiger partial charge on any atom is 0.409 e. The number of anilines is 1. The second-order valence-electron chi connectivity index (χ2n) is 6.50. The van der Waals surface area contributed by atoms with Crippen LogP contribution < -0.4 is 10.2 Å². The number of hydrogen-bond donors (Lipinski definition) is 1. The molecule has 3 aromatic rings. The van der Waals surface area contributed by atoms with E-state index in [1.807, 2.05) is 6.92 Å².